The van der Waals surface area contributed by atoms with E-state index in [1.54, 1.807) is 30.7 Å². The SMILES string of the molecule is COc1ccc(CNc2nc(N3CCc4sccc4C3)nc(OC)c2C(=O)NCc2cccnc2C)cc1Cl. The molecule has 0 spiro atoms. The number of carbonyl (C=O) groups is 1. The molecule has 5 rings (SSSR count). The number of aryl methyl sites for hydroxylation is 1. The Balaban J connectivity index is 1.46. The Kier molecular flexibility index (Phi) is 8.13. The number of pyridine rings is 1. The maximum Gasteiger partial charge on any atom is 0.260 e. The van der Waals surface area contributed by atoms with E-state index in [1.165, 1.54) is 17.6 Å². The molecule has 11 heteroatoms. The van der Waals surface area contributed by atoms with Crippen LogP contribution < -0.4 is 25.0 Å². The molecule has 0 unspecified atom stereocenters. The third-order valence-corrected chi connectivity index (χ3v) is 7.93. The van der Waals surface area contributed by atoms with Crippen molar-refractivity contribution in [2.24, 2.45) is 0 Å². The molecule has 39 heavy (non-hydrogen) atoms. The lowest BCUT2D eigenvalue weighted by atomic mass is 10.1. The molecule has 0 saturated carbocycles. The van der Waals surface area contributed by atoms with Crippen molar-refractivity contribution in [3.63, 3.8) is 0 Å². The van der Waals surface area contributed by atoms with E-state index in [-0.39, 0.29) is 17.4 Å². The van der Waals surface area contributed by atoms with Gasteiger partial charge in [0.15, 0.2) is 0 Å². The molecule has 202 valence electrons. The number of fused-ring (bicyclic) bond motifs is 1. The molecule has 0 fully saturated rings. The van der Waals surface area contributed by atoms with Gasteiger partial charge in [-0.3, -0.25) is 9.78 Å². The average Bonchev–Trinajstić information content (AvgIpc) is 3.43. The van der Waals surface area contributed by atoms with Gasteiger partial charge in [0.25, 0.3) is 5.91 Å². The van der Waals surface area contributed by atoms with E-state index in [0.29, 0.717) is 42.2 Å². The smallest absolute Gasteiger partial charge is 0.260 e. The third kappa shape index (κ3) is 5.91. The lowest BCUT2D eigenvalue weighted by molar-refractivity contribution is 0.0947. The van der Waals surface area contributed by atoms with Crippen LogP contribution >= 0.6 is 22.9 Å². The largest absolute Gasteiger partial charge is 0.495 e. The van der Waals surface area contributed by atoms with Crippen molar-refractivity contribution >= 4 is 40.6 Å². The second-order valence-electron chi connectivity index (χ2n) is 9.05. The number of halogens is 1. The zero-order chi connectivity index (χ0) is 27.4. The Hall–Kier alpha value is -3.89. The van der Waals surface area contributed by atoms with E-state index in [0.717, 1.165) is 29.8 Å². The summed E-state index contributed by atoms with van der Waals surface area (Å²) in [4.78, 5) is 30.8. The fraction of sp³-hybridized carbons (Fsp3) is 0.286. The number of thiophene rings is 1. The quantitative estimate of drug-likeness (QED) is 0.292. The van der Waals surface area contributed by atoms with Gasteiger partial charge >= 0.3 is 0 Å². The van der Waals surface area contributed by atoms with Gasteiger partial charge in [-0.05, 0) is 59.7 Å². The van der Waals surface area contributed by atoms with Crippen LogP contribution in [0.4, 0.5) is 11.8 Å². The van der Waals surface area contributed by atoms with E-state index >= 15 is 0 Å². The molecule has 0 atom stereocenters. The Labute approximate surface area is 236 Å². The number of methoxy groups -OCH3 is 2. The minimum Gasteiger partial charge on any atom is -0.495 e. The van der Waals surface area contributed by atoms with Crippen LogP contribution in [0, 0.1) is 6.92 Å². The number of rotatable bonds is 9. The number of nitrogens with one attached hydrogen (secondary N) is 2. The fourth-order valence-corrected chi connectivity index (χ4v) is 5.61. The number of hydrogen-bond donors (Lipinski definition) is 2. The highest BCUT2D eigenvalue weighted by Gasteiger charge is 2.26. The number of benzene rings is 1. The van der Waals surface area contributed by atoms with Crippen molar-refractivity contribution in [1.82, 2.24) is 20.3 Å². The normalized spacial score (nSPS) is 12.6. The third-order valence-electron chi connectivity index (χ3n) is 6.61. The summed E-state index contributed by atoms with van der Waals surface area (Å²) in [7, 11) is 3.08. The topological polar surface area (TPSA) is 102 Å². The molecule has 9 nitrogen and oxygen atoms in total. The van der Waals surface area contributed by atoms with Crippen LogP contribution in [0.2, 0.25) is 5.02 Å². The second-order valence-corrected chi connectivity index (χ2v) is 10.5. The number of aromatic nitrogens is 3. The first kappa shape index (κ1) is 26.7. The fourth-order valence-electron chi connectivity index (χ4n) is 4.44. The summed E-state index contributed by atoms with van der Waals surface area (Å²) < 4.78 is 10.9. The van der Waals surface area contributed by atoms with E-state index in [4.69, 9.17) is 26.1 Å². The standard InChI is InChI=1S/C28H29ClN6O3S/c1-17-19(5-4-10-30-17)15-32-26(36)24-25(31-14-18-6-7-22(37-2)21(29)13-18)33-28(34-27(24)38-3)35-11-8-23-20(16-35)9-12-39-23/h4-7,9-10,12-13H,8,11,14-16H2,1-3H3,(H,32,36)(H,31,33,34). The van der Waals surface area contributed by atoms with E-state index < -0.39 is 0 Å². The summed E-state index contributed by atoms with van der Waals surface area (Å²) in [6.45, 7) is 4.06. The Morgan fingerprint density at radius 2 is 2.03 bits per heavy atom. The van der Waals surface area contributed by atoms with Crippen LogP contribution in [0.5, 0.6) is 11.6 Å². The number of carbonyl (C=O) groups excluding carboxylic acids is 1. The number of hydrogen-bond acceptors (Lipinski definition) is 9. The molecular formula is C28H29ClN6O3S. The molecule has 1 amide bonds. The van der Waals surface area contributed by atoms with Gasteiger partial charge in [0.2, 0.25) is 11.8 Å². The molecule has 0 radical (unpaired) electrons. The van der Waals surface area contributed by atoms with Gasteiger partial charge in [-0.1, -0.05) is 23.7 Å². The van der Waals surface area contributed by atoms with Crippen LogP contribution in [0.3, 0.4) is 0 Å². The monoisotopic (exact) mass is 564 g/mol. The lowest BCUT2D eigenvalue weighted by Gasteiger charge is -2.28. The molecule has 1 aliphatic rings. The van der Waals surface area contributed by atoms with Gasteiger partial charge in [-0.2, -0.15) is 9.97 Å². The molecule has 2 N–H and O–H groups in total. The lowest BCUT2D eigenvalue weighted by Crippen LogP contribution is -2.32. The zero-order valence-electron chi connectivity index (χ0n) is 22.0. The highest BCUT2D eigenvalue weighted by atomic mass is 35.5. The highest BCUT2D eigenvalue weighted by molar-refractivity contribution is 7.10. The second kappa shape index (κ2) is 11.9. The van der Waals surface area contributed by atoms with Crippen molar-refractivity contribution in [2.75, 3.05) is 31.0 Å². The molecule has 0 aliphatic carbocycles. The summed E-state index contributed by atoms with van der Waals surface area (Å²) >= 11 is 8.11. The summed E-state index contributed by atoms with van der Waals surface area (Å²) in [5.41, 5.74) is 4.17. The molecular weight excluding hydrogens is 536 g/mol. The molecule has 1 aliphatic heterocycles. The van der Waals surface area contributed by atoms with E-state index in [1.807, 2.05) is 31.2 Å². The predicted molar refractivity (Wildman–Crippen MR) is 153 cm³/mol. The average molecular weight is 565 g/mol. The van der Waals surface area contributed by atoms with Crippen molar-refractivity contribution < 1.29 is 14.3 Å². The zero-order valence-corrected chi connectivity index (χ0v) is 23.5. The minimum atomic E-state index is -0.351. The van der Waals surface area contributed by atoms with Crippen LogP contribution in [-0.4, -0.2) is 41.6 Å². The summed E-state index contributed by atoms with van der Waals surface area (Å²) in [6, 6.07) is 11.4. The molecule has 4 aromatic rings. The van der Waals surface area contributed by atoms with Gasteiger partial charge in [0, 0.05) is 42.9 Å². The van der Waals surface area contributed by atoms with Gasteiger partial charge in [-0.25, -0.2) is 0 Å². The van der Waals surface area contributed by atoms with Gasteiger partial charge in [-0.15, -0.1) is 11.3 Å². The number of nitrogens with zero attached hydrogens (tertiary/aromatic N) is 4. The summed E-state index contributed by atoms with van der Waals surface area (Å²) in [6.07, 6.45) is 2.64. The number of amides is 1. The van der Waals surface area contributed by atoms with Gasteiger partial charge in [0.1, 0.15) is 17.1 Å². The first-order valence-corrected chi connectivity index (χ1v) is 13.7. The highest BCUT2D eigenvalue weighted by Crippen LogP contribution is 2.31. The van der Waals surface area contributed by atoms with E-state index in [9.17, 15) is 4.79 Å². The van der Waals surface area contributed by atoms with Crippen molar-refractivity contribution in [3.8, 4) is 11.6 Å². The van der Waals surface area contributed by atoms with Gasteiger partial charge in [0.05, 0.1) is 19.2 Å². The van der Waals surface area contributed by atoms with Crippen molar-refractivity contribution in [2.45, 2.75) is 33.0 Å². The maximum atomic E-state index is 13.5. The minimum absolute atomic E-state index is 0.201. The first-order valence-electron chi connectivity index (χ1n) is 12.5. The number of ether oxygens (including phenoxy) is 2. The molecule has 0 bridgehead atoms. The van der Waals surface area contributed by atoms with Crippen LogP contribution in [0.1, 0.15) is 37.6 Å². The molecule has 1 aromatic carbocycles. The van der Waals surface area contributed by atoms with Gasteiger partial charge < -0.3 is 25.0 Å². The van der Waals surface area contributed by atoms with Crippen LogP contribution in [0.25, 0.3) is 0 Å². The van der Waals surface area contributed by atoms with Crippen LogP contribution in [-0.2, 0) is 26.1 Å². The molecule has 4 heterocycles. The Morgan fingerprint density at radius 1 is 1.15 bits per heavy atom. The predicted octanol–water partition coefficient (Wildman–Crippen LogP) is 5.02. The van der Waals surface area contributed by atoms with Crippen LogP contribution in [0.15, 0.2) is 48.0 Å². The Bertz CT molecular complexity index is 1490. The first-order chi connectivity index (χ1) is 19.0. The van der Waals surface area contributed by atoms with E-state index in [2.05, 4.69) is 36.9 Å². The number of anilines is 2. The van der Waals surface area contributed by atoms with Crippen molar-refractivity contribution in [1.29, 1.82) is 0 Å². The molecule has 3 aromatic heterocycles. The summed E-state index contributed by atoms with van der Waals surface area (Å²) in [5.74, 6) is 1.32. The summed E-state index contributed by atoms with van der Waals surface area (Å²) in [5, 5.41) is 8.91. The van der Waals surface area contributed by atoms with Crippen molar-refractivity contribution in [3.05, 3.63) is 85.8 Å². The Morgan fingerprint density at radius 3 is 2.79 bits per heavy atom. The maximum absolute atomic E-state index is 13.5. The molecule has 0 saturated heterocycles.